The summed E-state index contributed by atoms with van der Waals surface area (Å²) in [5, 5.41) is 8.66. The molecule has 108 valence electrons. The van der Waals surface area contributed by atoms with Gasteiger partial charge >= 0.3 is 0 Å². The molecule has 1 aromatic heterocycles. The molecule has 1 aliphatic carbocycles. The minimum absolute atomic E-state index is 0.619. The van der Waals surface area contributed by atoms with E-state index in [1.54, 1.807) is 0 Å². The molecule has 1 saturated carbocycles. The monoisotopic (exact) mass is 270 g/mol. The number of hydrogen-bond acceptors (Lipinski definition) is 2. The van der Waals surface area contributed by atoms with Gasteiger partial charge in [-0.15, -0.1) is 5.10 Å². The molecule has 20 heavy (non-hydrogen) atoms. The minimum atomic E-state index is 0.619. The highest BCUT2D eigenvalue weighted by Gasteiger charge is 2.22. The van der Waals surface area contributed by atoms with Gasteiger partial charge in [-0.2, -0.15) is 5.10 Å². The Bertz CT molecular complexity index is 445. The Hall–Kier alpha value is -1.36. The Balaban J connectivity index is 1.89. The number of nitrogens with zero attached hydrogens (tertiary/aromatic N) is 2. The summed E-state index contributed by atoms with van der Waals surface area (Å²) in [4.78, 5) is 0. The van der Waals surface area contributed by atoms with E-state index < -0.39 is 0 Å². The minimum Gasteiger partial charge on any atom is -0.154 e. The molecule has 0 N–H and O–H groups in total. The second-order valence-corrected chi connectivity index (χ2v) is 5.90. The predicted molar refractivity (Wildman–Crippen MR) is 83.4 cm³/mol. The maximum atomic E-state index is 4.40. The summed E-state index contributed by atoms with van der Waals surface area (Å²) in [5.74, 6) is 7.76. The molecule has 0 bridgehead atoms. The lowest BCUT2D eigenvalue weighted by Gasteiger charge is -2.27. The molecule has 0 unspecified atom stereocenters. The van der Waals surface area contributed by atoms with Crippen molar-refractivity contribution < 1.29 is 0 Å². The molecule has 1 aliphatic rings. The largest absolute Gasteiger partial charge is 0.154 e. The van der Waals surface area contributed by atoms with E-state index in [0.717, 1.165) is 24.5 Å². The van der Waals surface area contributed by atoms with Crippen molar-refractivity contribution in [1.82, 2.24) is 10.2 Å². The van der Waals surface area contributed by atoms with Crippen LogP contribution in [0.15, 0.2) is 12.1 Å². The first-order chi connectivity index (χ1) is 9.83. The number of rotatable bonds is 4. The molecule has 0 atom stereocenters. The maximum absolute atomic E-state index is 4.40. The van der Waals surface area contributed by atoms with Crippen LogP contribution in [0.25, 0.3) is 0 Å². The van der Waals surface area contributed by atoms with Gasteiger partial charge in [0.05, 0.1) is 5.69 Å². The van der Waals surface area contributed by atoms with Gasteiger partial charge < -0.3 is 0 Å². The zero-order valence-electron chi connectivity index (χ0n) is 12.9. The third kappa shape index (κ3) is 4.34. The lowest BCUT2D eigenvalue weighted by Crippen LogP contribution is -2.14. The zero-order chi connectivity index (χ0) is 14.2. The van der Waals surface area contributed by atoms with E-state index in [1.165, 1.54) is 44.2 Å². The van der Waals surface area contributed by atoms with Gasteiger partial charge in [-0.3, -0.25) is 0 Å². The third-order valence-electron chi connectivity index (χ3n) is 4.24. The summed E-state index contributed by atoms with van der Waals surface area (Å²) in [7, 11) is 0. The van der Waals surface area contributed by atoms with E-state index in [9.17, 15) is 0 Å². The van der Waals surface area contributed by atoms with E-state index in [-0.39, 0.29) is 0 Å². The lowest BCUT2D eigenvalue weighted by molar-refractivity contribution is 0.304. The molecule has 1 heterocycles. The SMILES string of the molecule is CCCC#Cc1ccc([C@H]2CC[C@H](CCC)CC2)nn1. The second kappa shape index (κ2) is 8.04. The molecular weight excluding hydrogens is 244 g/mol. The molecule has 0 saturated heterocycles. The lowest BCUT2D eigenvalue weighted by atomic mass is 9.79. The standard InChI is InChI=1S/C18H26N2/c1-3-5-6-8-17-13-14-18(20-19-17)16-11-9-15(7-4-2)10-12-16/h13-16H,3-5,7,9-12H2,1-2H3/t15-,16-. The second-order valence-electron chi connectivity index (χ2n) is 5.90. The third-order valence-corrected chi connectivity index (χ3v) is 4.24. The van der Waals surface area contributed by atoms with Gasteiger partial charge in [-0.25, -0.2) is 0 Å². The van der Waals surface area contributed by atoms with Crippen LogP contribution in [0.4, 0.5) is 0 Å². The molecule has 0 aromatic carbocycles. The normalized spacial score (nSPS) is 22.1. The van der Waals surface area contributed by atoms with Crippen molar-refractivity contribution in [3.8, 4) is 11.8 Å². The average molecular weight is 270 g/mol. The Kier molecular flexibility index (Phi) is 6.05. The van der Waals surface area contributed by atoms with E-state index >= 15 is 0 Å². The summed E-state index contributed by atoms with van der Waals surface area (Å²) >= 11 is 0. The van der Waals surface area contributed by atoms with Gasteiger partial charge in [0.25, 0.3) is 0 Å². The number of hydrogen-bond donors (Lipinski definition) is 0. The Morgan fingerprint density at radius 1 is 1.05 bits per heavy atom. The van der Waals surface area contributed by atoms with Gasteiger partial charge in [-0.1, -0.05) is 32.6 Å². The van der Waals surface area contributed by atoms with E-state index in [0.29, 0.717) is 5.92 Å². The summed E-state index contributed by atoms with van der Waals surface area (Å²) in [5.41, 5.74) is 1.97. The predicted octanol–water partition coefficient (Wildman–Crippen LogP) is 4.70. The highest BCUT2D eigenvalue weighted by molar-refractivity contribution is 5.27. The van der Waals surface area contributed by atoms with E-state index in [4.69, 9.17) is 0 Å². The molecule has 2 nitrogen and oxygen atoms in total. The summed E-state index contributed by atoms with van der Waals surface area (Å²) in [6, 6.07) is 4.16. The van der Waals surface area contributed by atoms with Crippen LogP contribution in [0.2, 0.25) is 0 Å². The van der Waals surface area contributed by atoms with Crippen LogP contribution in [0.3, 0.4) is 0 Å². The van der Waals surface area contributed by atoms with Crippen molar-refractivity contribution >= 4 is 0 Å². The highest BCUT2D eigenvalue weighted by Crippen LogP contribution is 2.36. The fraction of sp³-hybridized carbons (Fsp3) is 0.667. The molecule has 2 heteroatoms. The Labute approximate surface area is 123 Å². The number of unbranched alkanes of at least 4 members (excludes halogenated alkanes) is 1. The van der Waals surface area contributed by atoms with Crippen LogP contribution in [0, 0.1) is 17.8 Å². The Morgan fingerprint density at radius 2 is 1.85 bits per heavy atom. The fourth-order valence-corrected chi connectivity index (χ4v) is 3.06. The van der Waals surface area contributed by atoms with Gasteiger partial charge in [0.2, 0.25) is 0 Å². The van der Waals surface area contributed by atoms with Crippen molar-refractivity contribution in [2.45, 2.75) is 71.1 Å². The van der Waals surface area contributed by atoms with Crippen LogP contribution in [0.1, 0.15) is 82.5 Å². The maximum Gasteiger partial charge on any atom is 0.135 e. The number of aromatic nitrogens is 2. The first-order valence-electron chi connectivity index (χ1n) is 8.16. The topological polar surface area (TPSA) is 25.8 Å². The molecule has 1 aromatic rings. The first-order valence-corrected chi connectivity index (χ1v) is 8.16. The smallest absolute Gasteiger partial charge is 0.135 e. The summed E-state index contributed by atoms with van der Waals surface area (Å²) in [6.45, 7) is 4.42. The van der Waals surface area contributed by atoms with Gasteiger partial charge in [-0.05, 0) is 56.1 Å². The van der Waals surface area contributed by atoms with Crippen LogP contribution in [-0.4, -0.2) is 10.2 Å². The van der Waals surface area contributed by atoms with Crippen molar-refractivity contribution in [3.05, 3.63) is 23.5 Å². The van der Waals surface area contributed by atoms with Crippen molar-refractivity contribution in [3.63, 3.8) is 0 Å². The average Bonchev–Trinajstić information content (AvgIpc) is 2.49. The Morgan fingerprint density at radius 3 is 2.45 bits per heavy atom. The summed E-state index contributed by atoms with van der Waals surface area (Å²) < 4.78 is 0. The van der Waals surface area contributed by atoms with Gasteiger partial charge in [0, 0.05) is 12.3 Å². The molecule has 0 aliphatic heterocycles. The molecule has 0 spiro atoms. The molecule has 0 radical (unpaired) electrons. The molecule has 1 fully saturated rings. The van der Waals surface area contributed by atoms with Gasteiger partial charge in [0.15, 0.2) is 0 Å². The highest BCUT2D eigenvalue weighted by atomic mass is 15.1. The summed E-state index contributed by atoms with van der Waals surface area (Å²) in [6.07, 6.45) is 10.0. The van der Waals surface area contributed by atoms with Crippen molar-refractivity contribution in [1.29, 1.82) is 0 Å². The quantitative estimate of drug-likeness (QED) is 0.741. The van der Waals surface area contributed by atoms with Crippen molar-refractivity contribution in [2.75, 3.05) is 0 Å². The molecule has 2 rings (SSSR count). The molecular formula is C18H26N2. The molecule has 0 amide bonds. The zero-order valence-corrected chi connectivity index (χ0v) is 12.9. The van der Waals surface area contributed by atoms with Crippen LogP contribution >= 0.6 is 0 Å². The van der Waals surface area contributed by atoms with Crippen LogP contribution in [-0.2, 0) is 0 Å². The first kappa shape index (κ1) is 15.0. The van der Waals surface area contributed by atoms with E-state index in [1.807, 2.05) is 6.07 Å². The van der Waals surface area contributed by atoms with Crippen LogP contribution < -0.4 is 0 Å². The fourth-order valence-electron chi connectivity index (χ4n) is 3.06. The van der Waals surface area contributed by atoms with E-state index in [2.05, 4.69) is 42.0 Å². The van der Waals surface area contributed by atoms with Gasteiger partial charge in [0.1, 0.15) is 5.69 Å². The van der Waals surface area contributed by atoms with Crippen LogP contribution in [0.5, 0.6) is 0 Å². The van der Waals surface area contributed by atoms with Crippen molar-refractivity contribution in [2.24, 2.45) is 5.92 Å².